The van der Waals surface area contributed by atoms with Crippen LogP contribution in [0, 0.1) is 25.7 Å². The molecule has 1 saturated heterocycles. The highest BCUT2D eigenvalue weighted by Gasteiger charge is 2.46. The first kappa shape index (κ1) is 101. The quantitative estimate of drug-likeness (QED) is 0.00520. The lowest BCUT2D eigenvalue weighted by molar-refractivity contribution is -0.433. The predicted octanol–water partition coefficient (Wildman–Crippen LogP) is 17.8. The standard InChI is InChI=1S/C109H122N12O16S4/c1-11-117-90-46-42-81(140(130,131)132)66-86(90)107(6,7)98(117)37-16-14-17-38-99-108(8,9)87-67-82(141(133,134)135)43-47-91(87)120(99)56-29-15-18-39-100(123)110-53-28-25-35-92(121-68-97(114-115-121)109(10,71(2)3)113-105(126)77-52-61-138-70-77)93(122)69-136-106(127)101-72(4)62-78(63-73(101)5)104(125)112-55-27-13-12-26-54-111-103(124)76-48-57-116(58-49-76)139(128,129)96-36-24-21-32-85(96)102-83-44-40-79(118-59-50-74-30-19-22-33-88(74)118)64-94(83)137-95-65-80(41-45-84(95)102)119-60-51-75-31-20-23-34-89(75)119/h14,16-17,19-24,30-34,36-38,40-47,52,61-68,70-71,76,92H,11-13,15,18,25-29,35,39,48-51,53-60,69H2,1-10H3,(H4-2,110,111,112,113,123,124,125,126,130,131,132,133,134,135)/p+2/t92-,109-/m0/s1. The van der Waals surface area contributed by atoms with Crippen LogP contribution in [0.25, 0.3) is 33.4 Å². The molecule has 0 unspecified atom stereocenters. The number of piperidine rings is 1. The molecule has 8 heterocycles. The Morgan fingerprint density at radius 1 is 0.660 bits per heavy atom. The lowest BCUT2D eigenvalue weighted by Gasteiger charge is -2.32. The number of nitrogens with zero attached hydrogens (tertiary/aromatic N) is 8. The molecule has 28 nitrogen and oxygen atoms in total. The van der Waals surface area contributed by atoms with Crippen molar-refractivity contribution in [2.24, 2.45) is 11.8 Å². The smallest absolute Gasteiger partial charge is 0.339 e. The molecule has 0 bridgehead atoms. The maximum absolute atomic E-state index is 15.1. The molecule has 4 amide bonds. The van der Waals surface area contributed by atoms with Crippen LogP contribution in [0.5, 0.6) is 0 Å². The van der Waals surface area contributed by atoms with Crippen LogP contribution in [-0.2, 0) is 78.6 Å². The van der Waals surface area contributed by atoms with E-state index < -0.39 is 71.0 Å². The number of hydrogen-bond donors (Lipinski definition) is 6. The minimum atomic E-state index is -4.52. The summed E-state index contributed by atoms with van der Waals surface area (Å²) < 4.78 is 119. The number of nitrogens with one attached hydrogen (secondary N) is 4. The fraction of sp³-hybridized carbons (Fsp3) is 0.376. The third-order valence-electron chi connectivity index (χ3n) is 28.6. The van der Waals surface area contributed by atoms with Crippen molar-refractivity contribution in [1.29, 1.82) is 0 Å². The monoisotopic (exact) mass is 1980 g/mol. The Balaban J connectivity index is 0.487. The average Bonchev–Trinajstić information content (AvgIpc) is 1.69. The van der Waals surface area contributed by atoms with Crippen molar-refractivity contribution in [2.45, 2.75) is 203 Å². The summed E-state index contributed by atoms with van der Waals surface area (Å²) >= 11 is 1.39. The lowest BCUT2D eigenvalue weighted by atomic mass is 9.81. The van der Waals surface area contributed by atoms with Gasteiger partial charge in [-0.05, 0) is 224 Å². The van der Waals surface area contributed by atoms with Crippen LogP contribution in [0.15, 0.2) is 236 Å². The van der Waals surface area contributed by atoms with E-state index in [0.717, 1.165) is 106 Å². The van der Waals surface area contributed by atoms with Gasteiger partial charge in [0.15, 0.2) is 24.6 Å². The van der Waals surface area contributed by atoms with Crippen molar-refractivity contribution >= 4 is 122 Å². The largest absolute Gasteiger partial charge is 0.456 e. The number of rotatable bonds is 39. The number of fused-ring (bicyclic) bond motifs is 6. The number of allylic oxidation sites excluding steroid dienone is 6. The van der Waals surface area contributed by atoms with E-state index in [0.29, 0.717) is 141 Å². The molecule has 0 saturated carbocycles. The molecule has 141 heavy (non-hydrogen) atoms. The third kappa shape index (κ3) is 21.7. The first-order valence-electron chi connectivity index (χ1n) is 48.7. The molecule has 1 fully saturated rings. The summed E-state index contributed by atoms with van der Waals surface area (Å²) in [7, 11) is -13.0. The second-order valence-corrected chi connectivity index (χ2v) is 44.3. The molecule has 2 aromatic heterocycles. The van der Waals surface area contributed by atoms with Gasteiger partial charge in [-0.3, -0.25) is 33.1 Å². The normalized spacial score (nSPS) is 16.7. The number of para-hydroxylation sites is 2. The fourth-order valence-electron chi connectivity index (χ4n) is 20.5. The second kappa shape index (κ2) is 42.6. The zero-order valence-electron chi connectivity index (χ0n) is 81.4. The Bertz CT molecular complexity index is 7180. The van der Waals surface area contributed by atoms with Gasteiger partial charge >= 0.3 is 5.97 Å². The molecule has 9 aromatic rings. The van der Waals surface area contributed by atoms with Crippen molar-refractivity contribution in [2.75, 3.05) is 75.3 Å². The number of thiophene rings is 1. The van der Waals surface area contributed by atoms with E-state index in [1.165, 1.54) is 55.7 Å². The molecule has 0 radical (unpaired) electrons. The first-order valence-corrected chi connectivity index (χ1v) is 54.0. The number of esters is 1. The van der Waals surface area contributed by atoms with Gasteiger partial charge in [-0.1, -0.05) is 125 Å². The molecule has 16 rings (SSSR count). The van der Waals surface area contributed by atoms with Gasteiger partial charge in [0, 0.05) is 167 Å². The van der Waals surface area contributed by atoms with Gasteiger partial charge in [-0.25, -0.2) is 17.9 Å². The van der Waals surface area contributed by atoms with Crippen molar-refractivity contribution in [3.05, 3.63) is 278 Å². The van der Waals surface area contributed by atoms with Crippen LogP contribution >= 0.6 is 11.3 Å². The molecule has 32 heteroatoms. The maximum Gasteiger partial charge on any atom is 0.339 e. The molecule has 2 atom stereocenters. The van der Waals surface area contributed by atoms with E-state index in [-0.39, 0.29) is 81.6 Å². The van der Waals surface area contributed by atoms with E-state index in [1.54, 1.807) is 67.9 Å². The number of ether oxygens (including phenoxy) is 1. The van der Waals surface area contributed by atoms with Gasteiger partial charge in [0.1, 0.15) is 29.6 Å². The Hall–Kier alpha value is -12.7. The molecule has 6 N–H and O–H groups in total. The minimum Gasteiger partial charge on any atom is -0.456 e. The number of hydrogen-bond acceptors (Lipinski definition) is 19. The van der Waals surface area contributed by atoms with Crippen molar-refractivity contribution in [3.63, 3.8) is 0 Å². The van der Waals surface area contributed by atoms with Crippen molar-refractivity contribution < 1.29 is 76.9 Å². The van der Waals surface area contributed by atoms with E-state index in [4.69, 9.17) is 9.15 Å². The summed E-state index contributed by atoms with van der Waals surface area (Å²) in [5.41, 5.74) is 13.6. The van der Waals surface area contributed by atoms with E-state index in [1.807, 2.05) is 103 Å². The topological polar surface area (TPSA) is 362 Å². The van der Waals surface area contributed by atoms with Gasteiger partial charge in [0.05, 0.1) is 49.0 Å². The van der Waals surface area contributed by atoms with Crippen LogP contribution in [0.2, 0.25) is 0 Å². The number of aromatic nitrogens is 3. The van der Waals surface area contributed by atoms with E-state index in [2.05, 4.69) is 135 Å². The Morgan fingerprint density at radius 3 is 2.08 bits per heavy atom. The molecular weight excluding hydrogens is 1860 g/mol. The molecule has 738 valence electrons. The van der Waals surface area contributed by atoms with Crippen LogP contribution < -0.4 is 41.0 Å². The fourth-order valence-corrected chi connectivity index (χ4v) is 23.8. The van der Waals surface area contributed by atoms with E-state index in [9.17, 15) is 54.7 Å². The molecule has 7 aliphatic rings. The summed E-state index contributed by atoms with van der Waals surface area (Å²) in [6.07, 6.45) is 20.1. The summed E-state index contributed by atoms with van der Waals surface area (Å²) in [6, 6.07) is 49.7. The van der Waals surface area contributed by atoms with Crippen molar-refractivity contribution in [3.8, 4) is 22.5 Å². The average molecular weight is 1990 g/mol. The number of aryl methyl sites for hydroxylation is 2. The maximum atomic E-state index is 15.1. The number of sulfonamides is 1. The highest BCUT2D eigenvalue weighted by Crippen LogP contribution is 2.51. The number of carbonyl (C=O) groups excluding carboxylic acids is 6. The summed E-state index contributed by atoms with van der Waals surface area (Å²) in [5, 5.41) is 26.6. The predicted molar refractivity (Wildman–Crippen MR) is 548 cm³/mol. The summed E-state index contributed by atoms with van der Waals surface area (Å²) in [6.45, 7) is 22.8. The number of Topliss-reactive ketones (excluding diaryl/α,β-unsaturated/α-hetero) is 1. The number of benzene rings is 8. The van der Waals surface area contributed by atoms with Crippen LogP contribution in [0.1, 0.15) is 215 Å². The molecule has 0 spiro atoms. The SMILES string of the molecule is CC[N+]1=C(/C=C/C=C/C=C2/N(CCCCCC(=O)NCCCC[C@@H](C(=O)COC(=O)c3c(C)cc(C(=O)NCCCCCCNC(=O)C4CCN(S(=O)(=O)c5ccccc5-c5c6ccc(=[N+]7CCc8ccccc87)cc-6oc6cc(N7CCc8ccccc87)ccc56)CC4)cc3C)n3cc([C@@](C)(NC(=O)c4ccsc4)C(C)C)nn3)c3ccc(S(=O)(=O)O)cc3C2(C)C)C(C)(C)c2cc(S(=O)(=O)O)ccc21. The first-order chi connectivity index (χ1) is 67.4. The highest BCUT2D eigenvalue weighted by atomic mass is 32.2. The minimum absolute atomic E-state index is 0.102. The Morgan fingerprint density at radius 2 is 1.35 bits per heavy atom. The molecule has 6 aliphatic heterocycles. The zero-order valence-corrected chi connectivity index (χ0v) is 84.7. The Labute approximate surface area is 828 Å². The number of anilines is 3. The van der Waals surface area contributed by atoms with Crippen LogP contribution in [-0.4, -0.2) is 165 Å². The second-order valence-electron chi connectivity index (χ2n) is 38.8. The third-order valence-corrected chi connectivity index (χ3v) is 33.0. The Kier molecular flexibility index (Phi) is 30.6. The number of ketones is 1. The van der Waals surface area contributed by atoms with Crippen molar-refractivity contribution in [1.82, 2.24) is 45.1 Å². The van der Waals surface area contributed by atoms with Gasteiger partial charge in [-0.2, -0.15) is 41.6 Å². The molecular formula is C109H124N12O16S4+2. The number of unbranched alkanes of at least 4 members (excludes halogenated alkanes) is 6. The van der Waals surface area contributed by atoms with Gasteiger partial charge in [0.25, 0.3) is 32.1 Å². The number of carbonyl (C=O) groups is 6. The summed E-state index contributed by atoms with van der Waals surface area (Å²) in [4.78, 5) is 87.3. The lowest BCUT2D eigenvalue weighted by Crippen LogP contribution is -2.47. The molecule has 7 aromatic carbocycles. The summed E-state index contributed by atoms with van der Waals surface area (Å²) in [5.74, 6) is -2.03. The zero-order chi connectivity index (χ0) is 100. The molecule has 1 aliphatic carbocycles. The van der Waals surface area contributed by atoms with Gasteiger partial charge < -0.3 is 40.2 Å². The van der Waals surface area contributed by atoms with E-state index >= 15 is 8.42 Å². The van der Waals surface area contributed by atoms with Gasteiger partial charge in [0.2, 0.25) is 38.6 Å². The number of amides is 4. The van der Waals surface area contributed by atoms with Crippen LogP contribution in [0.3, 0.4) is 0 Å². The van der Waals surface area contributed by atoms with Crippen LogP contribution in [0.4, 0.5) is 28.4 Å². The highest BCUT2D eigenvalue weighted by molar-refractivity contribution is 7.89. The van der Waals surface area contributed by atoms with Gasteiger partial charge in [-0.15, -0.1) is 5.10 Å².